The van der Waals surface area contributed by atoms with E-state index in [1.54, 1.807) is 0 Å². The molecule has 0 aromatic heterocycles. The number of para-hydroxylation sites is 2. The van der Waals surface area contributed by atoms with Crippen LogP contribution in [0.5, 0.6) is 0 Å². The van der Waals surface area contributed by atoms with E-state index in [1.165, 1.54) is 11.1 Å². The molecule has 0 aliphatic carbocycles. The van der Waals surface area contributed by atoms with Gasteiger partial charge in [0.05, 0.1) is 0 Å². The summed E-state index contributed by atoms with van der Waals surface area (Å²) in [6.45, 7) is 8.67. The van der Waals surface area contributed by atoms with E-state index in [0.717, 1.165) is 24.2 Å². The van der Waals surface area contributed by atoms with Crippen molar-refractivity contribution in [2.45, 2.75) is 52.4 Å². The Balaban J connectivity index is 2.16. The molecule has 2 atom stereocenters. The largest absolute Gasteiger partial charge is 0.323 e. The van der Waals surface area contributed by atoms with E-state index in [1.807, 2.05) is 36.4 Å². The molecule has 0 bridgehead atoms. The molecule has 0 radical (unpaired) electrons. The summed E-state index contributed by atoms with van der Waals surface area (Å²) >= 11 is 0. The van der Waals surface area contributed by atoms with Gasteiger partial charge in [0, 0.05) is 11.4 Å². The van der Waals surface area contributed by atoms with Gasteiger partial charge in [-0.15, -0.1) is 0 Å². The Morgan fingerprint density at radius 1 is 0.792 bits per heavy atom. The fourth-order valence-corrected chi connectivity index (χ4v) is 2.80. The number of carbonyl (C=O) groups is 1. The van der Waals surface area contributed by atoms with Crippen molar-refractivity contribution >= 4 is 17.4 Å². The zero-order valence-electron chi connectivity index (χ0n) is 15.1. The van der Waals surface area contributed by atoms with Gasteiger partial charge >= 0.3 is 6.03 Å². The van der Waals surface area contributed by atoms with Crippen LogP contribution >= 0.6 is 0 Å². The molecule has 128 valence electrons. The van der Waals surface area contributed by atoms with Crippen molar-refractivity contribution in [3.8, 4) is 0 Å². The molecule has 24 heavy (non-hydrogen) atoms. The Kier molecular flexibility index (Phi) is 6.42. The standard InChI is InChI=1S/C21H28N2O/c1-5-15(3)17-11-7-9-13-19(17)22-21(24)23-20-14-10-8-12-18(20)16(4)6-2/h7-16H,5-6H2,1-4H3,(H2,22,23,24)/t15-,16-/m0/s1. The minimum absolute atomic E-state index is 0.193. The number of hydrogen-bond acceptors (Lipinski definition) is 1. The quantitative estimate of drug-likeness (QED) is 0.638. The molecule has 0 heterocycles. The number of anilines is 2. The van der Waals surface area contributed by atoms with Gasteiger partial charge in [0.1, 0.15) is 0 Å². The minimum Gasteiger partial charge on any atom is -0.307 e. The number of carbonyl (C=O) groups excluding carboxylic acids is 1. The molecule has 0 saturated carbocycles. The van der Waals surface area contributed by atoms with E-state index in [2.05, 4.69) is 50.5 Å². The summed E-state index contributed by atoms with van der Waals surface area (Å²) in [7, 11) is 0. The lowest BCUT2D eigenvalue weighted by atomic mass is 9.96. The highest BCUT2D eigenvalue weighted by molar-refractivity contribution is 6.00. The van der Waals surface area contributed by atoms with Crippen molar-refractivity contribution in [2.75, 3.05) is 10.6 Å². The summed E-state index contributed by atoms with van der Waals surface area (Å²) in [6.07, 6.45) is 2.08. The summed E-state index contributed by atoms with van der Waals surface area (Å²) in [6, 6.07) is 15.8. The fraction of sp³-hybridized carbons (Fsp3) is 0.381. The van der Waals surface area contributed by atoms with Crippen LogP contribution in [0.2, 0.25) is 0 Å². The first-order chi connectivity index (χ1) is 11.6. The van der Waals surface area contributed by atoms with Crippen molar-refractivity contribution in [1.29, 1.82) is 0 Å². The van der Waals surface area contributed by atoms with Gasteiger partial charge in [0.25, 0.3) is 0 Å². The van der Waals surface area contributed by atoms with E-state index in [0.29, 0.717) is 11.8 Å². The molecular weight excluding hydrogens is 296 g/mol. The van der Waals surface area contributed by atoms with E-state index in [-0.39, 0.29) is 6.03 Å². The molecule has 3 heteroatoms. The third kappa shape index (κ3) is 4.38. The molecule has 0 aliphatic rings. The van der Waals surface area contributed by atoms with Crippen LogP contribution in [0, 0.1) is 0 Å². The summed E-state index contributed by atoms with van der Waals surface area (Å²) in [4.78, 5) is 12.5. The second-order valence-electron chi connectivity index (χ2n) is 6.37. The average Bonchev–Trinajstić information content (AvgIpc) is 2.61. The molecule has 2 aromatic rings. The molecule has 0 aliphatic heterocycles. The lowest BCUT2D eigenvalue weighted by Gasteiger charge is -2.18. The van der Waals surface area contributed by atoms with Gasteiger partial charge in [-0.3, -0.25) is 0 Å². The van der Waals surface area contributed by atoms with Gasteiger partial charge in [-0.2, -0.15) is 0 Å². The van der Waals surface area contributed by atoms with Crippen LogP contribution in [0.1, 0.15) is 63.5 Å². The molecule has 2 amide bonds. The summed E-state index contributed by atoms with van der Waals surface area (Å²) in [5.41, 5.74) is 4.10. The maximum atomic E-state index is 12.5. The van der Waals surface area contributed by atoms with Crippen molar-refractivity contribution in [2.24, 2.45) is 0 Å². The van der Waals surface area contributed by atoms with E-state index >= 15 is 0 Å². The van der Waals surface area contributed by atoms with Crippen LogP contribution in [0.3, 0.4) is 0 Å². The van der Waals surface area contributed by atoms with Crippen molar-refractivity contribution in [3.05, 3.63) is 59.7 Å². The molecule has 2 aromatic carbocycles. The van der Waals surface area contributed by atoms with Crippen molar-refractivity contribution in [3.63, 3.8) is 0 Å². The first-order valence-electron chi connectivity index (χ1n) is 8.82. The monoisotopic (exact) mass is 324 g/mol. The Bertz CT molecular complexity index is 624. The second-order valence-corrected chi connectivity index (χ2v) is 6.37. The van der Waals surface area contributed by atoms with E-state index in [4.69, 9.17) is 0 Å². The smallest absolute Gasteiger partial charge is 0.307 e. The zero-order valence-corrected chi connectivity index (χ0v) is 15.1. The number of rotatable bonds is 6. The molecule has 2 rings (SSSR count). The Labute approximate surface area is 145 Å². The number of amides is 2. The number of hydrogen-bond donors (Lipinski definition) is 2. The Morgan fingerprint density at radius 2 is 1.17 bits per heavy atom. The van der Waals surface area contributed by atoms with Crippen LogP contribution in [0.25, 0.3) is 0 Å². The van der Waals surface area contributed by atoms with Crippen LogP contribution in [-0.4, -0.2) is 6.03 Å². The average molecular weight is 324 g/mol. The normalized spacial score (nSPS) is 13.2. The van der Waals surface area contributed by atoms with Crippen LogP contribution in [-0.2, 0) is 0 Å². The summed E-state index contributed by atoms with van der Waals surface area (Å²) < 4.78 is 0. The zero-order chi connectivity index (χ0) is 17.5. The van der Waals surface area contributed by atoms with E-state index < -0.39 is 0 Å². The maximum absolute atomic E-state index is 12.5. The lowest BCUT2D eigenvalue weighted by molar-refractivity contribution is 0.262. The summed E-state index contributed by atoms with van der Waals surface area (Å²) in [5, 5.41) is 6.02. The highest BCUT2D eigenvalue weighted by atomic mass is 16.2. The molecule has 0 saturated heterocycles. The number of benzene rings is 2. The minimum atomic E-state index is -0.193. The fourth-order valence-electron chi connectivity index (χ4n) is 2.80. The molecule has 0 unspecified atom stereocenters. The predicted octanol–water partition coefficient (Wildman–Crippen LogP) is 6.36. The van der Waals surface area contributed by atoms with Gasteiger partial charge in [-0.25, -0.2) is 4.79 Å². The third-order valence-corrected chi connectivity index (χ3v) is 4.70. The van der Waals surface area contributed by atoms with Crippen LogP contribution in [0.4, 0.5) is 16.2 Å². The lowest BCUT2D eigenvalue weighted by Crippen LogP contribution is -2.21. The molecular formula is C21H28N2O. The van der Waals surface area contributed by atoms with Gasteiger partial charge < -0.3 is 10.6 Å². The topological polar surface area (TPSA) is 41.1 Å². The highest BCUT2D eigenvalue weighted by Gasteiger charge is 2.13. The first kappa shape index (κ1) is 18.1. The van der Waals surface area contributed by atoms with E-state index in [9.17, 15) is 4.79 Å². The second kappa shape index (κ2) is 8.53. The van der Waals surface area contributed by atoms with Crippen LogP contribution < -0.4 is 10.6 Å². The number of nitrogens with one attached hydrogen (secondary N) is 2. The maximum Gasteiger partial charge on any atom is 0.323 e. The molecule has 0 spiro atoms. The molecule has 2 N–H and O–H groups in total. The number of urea groups is 1. The van der Waals surface area contributed by atoms with Crippen molar-refractivity contribution < 1.29 is 4.79 Å². The van der Waals surface area contributed by atoms with Crippen LogP contribution in [0.15, 0.2) is 48.5 Å². The van der Waals surface area contributed by atoms with Crippen molar-refractivity contribution in [1.82, 2.24) is 0 Å². The highest BCUT2D eigenvalue weighted by Crippen LogP contribution is 2.28. The third-order valence-electron chi connectivity index (χ3n) is 4.70. The van der Waals surface area contributed by atoms with Gasteiger partial charge in [0.2, 0.25) is 0 Å². The van der Waals surface area contributed by atoms with Gasteiger partial charge in [0.15, 0.2) is 0 Å². The first-order valence-corrected chi connectivity index (χ1v) is 8.82. The Morgan fingerprint density at radius 3 is 1.54 bits per heavy atom. The Hall–Kier alpha value is -2.29. The molecule has 0 fully saturated rings. The predicted molar refractivity (Wildman–Crippen MR) is 103 cm³/mol. The van der Waals surface area contributed by atoms with Gasteiger partial charge in [-0.1, -0.05) is 64.1 Å². The summed E-state index contributed by atoms with van der Waals surface area (Å²) in [5.74, 6) is 0.822. The SMILES string of the molecule is CC[C@H](C)c1ccccc1NC(=O)Nc1ccccc1[C@@H](C)CC. The van der Waals surface area contributed by atoms with Gasteiger partial charge in [-0.05, 0) is 47.9 Å². The molecule has 3 nitrogen and oxygen atoms in total.